The van der Waals surface area contributed by atoms with E-state index < -0.39 is 39.7 Å². The van der Waals surface area contributed by atoms with Crippen LogP contribution in [0.15, 0.2) is 82.9 Å². The summed E-state index contributed by atoms with van der Waals surface area (Å²) in [6.07, 6.45) is -5.73. The molecular weight excluding hydrogens is 672 g/mol. The van der Waals surface area contributed by atoms with E-state index in [9.17, 15) is 35.9 Å². The summed E-state index contributed by atoms with van der Waals surface area (Å²) in [7, 11) is 1.44. The first-order valence-electron chi connectivity index (χ1n) is 15.6. The van der Waals surface area contributed by atoms with Crippen molar-refractivity contribution < 1.29 is 40.7 Å². The highest BCUT2D eigenvalue weighted by Gasteiger charge is 2.47. The van der Waals surface area contributed by atoms with Gasteiger partial charge in [0.25, 0.3) is 0 Å². The first-order chi connectivity index (χ1) is 23.3. The Bertz CT molecular complexity index is 1640. The van der Waals surface area contributed by atoms with Gasteiger partial charge in [-0.15, -0.1) is 0 Å². The van der Waals surface area contributed by atoms with Crippen molar-refractivity contribution in [1.82, 2.24) is 14.8 Å². The number of allylic oxidation sites excluding steroid dienone is 1. The Balaban J connectivity index is 1.32. The quantitative estimate of drug-likeness (QED) is 0.140. The molecule has 0 saturated carbocycles. The van der Waals surface area contributed by atoms with Crippen molar-refractivity contribution >= 4 is 35.0 Å². The summed E-state index contributed by atoms with van der Waals surface area (Å²) in [6.45, 7) is 2.97. The lowest BCUT2D eigenvalue weighted by molar-refractivity contribution is -0.163. The fourth-order valence-corrected chi connectivity index (χ4v) is 6.90. The lowest BCUT2D eigenvalue weighted by Crippen LogP contribution is -2.44. The summed E-state index contributed by atoms with van der Waals surface area (Å²) in [5.41, 5.74) is -4.41. The first kappa shape index (κ1) is 36.1. The van der Waals surface area contributed by atoms with Gasteiger partial charge in [-0.1, -0.05) is 23.9 Å². The Morgan fingerprint density at radius 3 is 2.27 bits per heavy atom. The number of rotatable bonds is 10. The van der Waals surface area contributed by atoms with E-state index in [0.717, 1.165) is 24.0 Å². The second-order valence-electron chi connectivity index (χ2n) is 11.6. The van der Waals surface area contributed by atoms with Gasteiger partial charge in [0.05, 0.1) is 11.1 Å². The molecule has 0 radical (unpaired) electrons. The van der Waals surface area contributed by atoms with Gasteiger partial charge in [0.2, 0.25) is 5.91 Å². The zero-order valence-corrected chi connectivity index (χ0v) is 27.4. The Morgan fingerprint density at radius 1 is 0.918 bits per heavy atom. The average molecular weight is 708 g/mol. The van der Waals surface area contributed by atoms with Crippen LogP contribution in [0.5, 0.6) is 0 Å². The number of benzene rings is 2. The number of ketones is 1. The van der Waals surface area contributed by atoms with Crippen molar-refractivity contribution in [3.05, 3.63) is 89.8 Å². The number of pyridine rings is 1. The Kier molecular flexibility index (Phi) is 11.4. The molecular formula is C34H35F6N5O3S. The third-order valence-corrected chi connectivity index (χ3v) is 9.32. The number of likely N-dealkylation sites (tertiary alicyclic amines) is 1. The fraction of sp³-hybridized carbons (Fsp3) is 0.382. The van der Waals surface area contributed by atoms with E-state index in [1.807, 2.05) is 17.0 Å². The van der Waals surface area contributed by atoms with Gasteiger partial charge in [0.1, 0.15) is 12.4 Å². The normalized spacial score (nSPS) is 16.3. The molecule has 2 fully saturated rings. The van der Waals surface area contributed by atoms with Gasteiger partial charge in [-0.2, -0.15) is 26.3 Å². The van der Waals surface area contributed by atoms with Crippen LogP contribution in [0.1, 0.15) is 34.3 Å². The van der Waals surface area contributed by atoms with Gasteiger partial charge in [-0.3, -0.25) is 9.59 Å². The Morgan fingerprint density at radius 2 is 1.63 bits per heavy atom. The molecule has 0 aliphatic carbocycles. The van der Waals surface area contributed by atoms with Crippen LogP contribution in [0.3, 0.4) is 0 Å². The average Bonchev–Trinajstić information content (AvgIpc) is 3.07. The van der Waals surface area contributed by atoms with E-state index in [-0.39, 0.29) is 23.5 Å². The van der Waals surface area contributed by atoms with Crippen molar-refractivity contribution in [1.29, 1.82) is 0 Å². The third kappa shape index (κ3) is 9.26. The topological polar surface area (TPSA) is 78.0 Å². The smallest absolute Gasteiger partial charge is 0.382 e. The highest BCUT2D eigenvalue weighted by molar-refractivity contribution is 7.99. The zero-order valence-electron chi connectivity index (χ0n) is 26.6. The predicted molar refractivity (Wildman–Crippen MR) is 174 cm³/mol. The summed E-state index contributed by atoms with van der Waals surface area (Å²) >= 11 is 0.538. The summed E-state index contributed by atoms with van der Waals surface area (Å²) in [5, 5.41) is 3.31. The minimum Gasteiger partial charge on any atom is -0.382 e. The lowest BCUT2D eigenvalue weighted by atomic mass is 9.96. The molecule has 15 heteroatoms. The summed E-state index contributed by atoms with van der Waals surface area (Å²) in [4.78, 5) is 34.5. The lowest BCUT2D eigenvalue weighted by Gasteiger charge is -2.34. The summed E-state index contributed by atoms with van der Waals surface area (Å²) < 4.78 is 91.5. The van der Waals surface area contributed by atoms with Crippen LogP contribution in [0.4, 0.5) is 37.8 Å². The van der Waals surface area contributed by atoms with Crippen LogP contribution in [0.25, 0.3) is 0 Å². The number of carbonyl (C=O) groups is 2. The molecule has 2 aliphatic heterocycles. The highest BCUT2D eigenvalue weighted by atomic mass is 32.2. The molecule has 0 atom stereocenters. The van der Waals surface area contributed by atoms with Gasteiger partial charge >= 0.3 is 12.4 Å². The third-order valence-electron chi connectivity index (χ3n) is 8.27. The molecule has 0 unspecified atom stereocenters. The maximum Gasteiger partial charge on any atom is 0.418 e. The van der Waals surface area contributed by atoms with Gasteiger partial charge in [-0.05, 0) is 55.3 Å². The molecule has 1 aromatic heterocycles. The van der Waals surface area contributed by atoms with Gasteiger partial charge in [0.15, 0.2) is 5.78 Å². The van der Waals surface area contributed by atoms with E-state index in [1.54, 1.807) is 40.3 Å². The zero-order chi connectivity index (χ0) is 35.2. The van der Waals surface area contributed by atoms with Crippen molar-refractivity contribution in [2.75, 3.05) is 63.2 Å². The molecule has 3 aromatic rings. The number of aromatic nitrogens is 1. The second kappa shape index (κ2) is 15.5. The maximum atomic E-state index is 14.5. The van der Waals surface area contributed by atoms with Gasteiger partial charge in [0, 0.05) is 91.9 Å². The van der Waals surface area contributed by atoms with Gasteiger partial charge < -0.3 is 24.8 Å². The number of anilines is 2. The number of methoxy groups -OCH3 is 1. The van der Waals surface area contributed by atoms with Gasteiger partial charge in [-0.25, -0.2) is 4.98 Å². The van der Waals surface area contributed by atoms with E-state index in [2.05, 4.69) is 10.3 Å². The molecule has 0 bridgehead atoms. The van der Waals surface area contributed by atoms with Crippen molar-refractivity contribution in [2.24, 2.45) is 0 Å². The Hall–Kier alpha value is -4.24. The fourth-order valence-electron chi connectivity index (χ4n) is 5.85. The number of hydrogen-bond acceptors (Lipinski definition) is 8. The molecule has 1 N–H and O–H groups in total. The van der Waals surface area contributed by atoms with E-state index >= 15 is 0 Å². The number of alkyl halides is 6. The van der Waals surface area contributed by atoms with Crippen molar-refractivity contribution in [3.8, 4) is 0 Å². The van der Waals surface area contributed by atoms with Crippen LogP contribution < -0.4 is 10.2 Å². The number of piperidine rings is 1. The minimum atomic E-state index is -5.46. The number of carbonyl (C=O) groups excluding carboxylic acids is 2. The number of amides is 1. The van der Waals surface area contributed by atoms with E-state index in [0.29, 0.717) is 69.6 Å². The number of piperazine rings is 1. The molecule has 1 amide bonds. The largest absolute Gasteiger partial charge is 0.418 e. The van der Waals surface area contributed by atoms with Crippen LogP contribution in [-0.2, 0) is 21.9 Å². The molecule has 3 heterocycles. The van der Waals surface area contributed by atoms with Crippen molar-refractivity contribution in [3.63, 3.8) is 0 Å². The number of halogens is 6. The molecule has 8 nitrogen and oxygen atoms in total. The second-order valence-corrected chi connectivity index (χ2v) is 12.7. The number of hydrogen-bond donors (Lipinski definition) is 1. The molecule has 49 heavy (non-hydrogen) atoms. The molecule has 2 aliphatic rings. The summed E-state index contributed by atoms with van der Waals surface area (Å²) in [5.74, 6) is -0.522. The summed E-state index contributed by atoms with van der Waals surface area (Å²) in [6, 6.07) is 13.6. The van der Waals surface area contributed by atoms with E-state index in [1.165, 1.54) is 19.4 Å². The molecule has 5 rings (SSSR count). The van der Waals surface area contributed by atoms with Crippen LogP contribution in [0.2, 0.25) is 0 Å². The monoisotopic (exact) mass is 707 g/mol. The first-order valence-corrected chi connectivity index (χ1v) is 16.4. The standard InChI is InChI=1S/C34H35F6N5O3S/c1-48-22-30(47)45-15-10-23(11-16-45)42-24-5-4-6-25(21-24)49-28-9-8-26(31(33(35,36)37)32(28)34(38,39)40)27(46)12-14-43-17-19-44(20-18-43)29-7-2-3-13-41-29/h2-9,12-14,21,23,42H,10-11,15-20,22H2,1H3. The van der Waals surface area contributed by atoms with Crippen molar-refractivity contribution in [2.45, 2.75) is 41.0 Å². The molecule has 0 spiro atoms. The predicted octanol–water partition coefficient (Wildman–Crippen LogP) is 6.84. The Labute approximate surface area is 284 Å². The highest BCUT2D eigenvalue weighted by Crippen LogP contribution is 2.48. The molecule has 262 valence electrons. The number of nitrogens with zero attached hydrogens (tertiary/aromatic N) is 4. The van der Waals surface area contributed by atoms with Crippen LogP contribution >= 0.6 is 11.8 Å². The molecule has 2 saturated heterocycles. The van der Waals surface area contributed by atoms with Crippen LogP contribution in [-0.4, -0.2) is 85.5 Å². The molecule has 2 aromatic carbocycles. The SMILES string of the molecule is COCC(=O)N1CCC(Nc2cccc(Sc3ccc(C(=O)C=CN4CCN(c5ccccn5)CC4)c(C(F)(F)F)c3C(F)(F)F)c2)CC1. The van der Waals surface area contributed by atoms with E-state index in [4.69, 9.17) is 4.74 Å². The minimum absolute atomic E-state index is 0.00937. The number of ether oxygens (including phenoxy) is 1. The number of nitrogens with one attached hydrogen (secondary N) is 1. The maximum absolute atomic E-state index is 14.5. The van der Waals surface area contributed by atoms with Crippen LogP contribution in [0, 0.1) is 0 Å².